The van der Waals surface area contributed by atoms with Crippen molar-refractivity contribution in [1.82, 2.24) is 5.32 Å². The quantitative estimate of drug-likeness (QED) is 0.481. The van der Waals surface area contributed by atoms with Gasteiger partial charge in [-0.25, -0.2) is 4.52 Å². The first-order valence-electron chi connectivity index (χ1n) is 8.89. The standard InChI is InChI=1S/C18H32NO4P/c1-17(22)15(10-11-23-24(2,3)4)16(21)19-18(17,13-20)12-14-8-6-5-7-9-14/h6,8,14-15,20,22H,5,7,9-13H2,1-4H3/p+1/t14-,15+,17+,18+/m1/s1. The van der Waals surface area contributed by atoms with Crippen molar-refractivity contribution in [3.63, 3.8) is 0 Å². The van der Waals surface area contributed by atoms with Gasteiger partial charge in [0.05, 0.1) is 50.3 Å². The molecule has 0 unspecified atom stereocenters. The minimum absolute atomic E-state index is 0.176. The third kappa shape index (κ3) is 4.19. The molecule has 0 bridgehead atoms. The van der Waals surface area contributed by atoms with Crippen LogP contribution in [0.5, 0.6) is 0 Å². The number of aliphatic hydroxyl groups excluding tert-OH is 1. The Morgan fingerprint density at radius 2 is 2.12 bits per heavy atom. The van der Waals surface area contributed by atoms with Crippen LogP contribution >= 0.6 is 7.49 Å². The lowest BCUT2D eigenvalue weighted by Crippen LogP contribution is -2.60. The summed E-state index contributed by atoms with van der Waals surface area (Å²) in [6.45, 7) is 8.12. The molecule has 1 amide bonds. The van der Waals surface area contributed by atoms with Crippen LogP contribution in [-0.2, 0) is 9.32 Å². The van der Waals surface area contributed by atoms with Gasteiger partial charge in [-0.3, -0.25) is 4.79 Å². The average molecular weight is 358 g/mol. The Bertz CT molecular complexity index is 486. The zero-order valence-corrected chi connectivity index (χ0v) is 16.3. The van der Waals surface area contributed by atoms with E-state index in [9.17, 15) is 15.0 Å². The summed E-state index contributed by atoms with van der Waals surface area (Å²) in [6.07, 6.45) is 8.59. The third-order valence-electron chi connectivity index (χ3n) is 5.45. The van der Waals surface area contributed by atoms with E-state index in [1.54, 1.807) is 6.92 Å². The number of carbonyl (C=O) groups excluding carboxylic acids is 1. The zero-order chi connectivity index (χ0) is 18.0. The van der Waals surface area contributed by atoms with Gasteiger partial charge in [0.2, 0.25) is 5.91 Å². The van der Waals surface area contributed by atoms with Crippen LogP contribution in [0, 0.1) is 11.8 Å². The van der Waals surface area contributed by atoms with E-state index < -0.39 is 24.5 Å². The lowest BCUT2D eigenvalue weighted by molar-refractivity contribution is -0.126. The third-order valence-corrected chi connectivity index (χ3v) is 6.40. The highest BCUT2D eigenvalue weighted by Crippen LogP contribution is 2.49. The number of rotatable bonds is 7. The first kappa shape index (κ1) is 19.8. The van der Waals surface area contributed by atoms with Gasteiger partial charge >= 0.3 is 0 Å². The molecule has 5 nitrogen and oxygen atoms in total. The summed E-state index contributed by atoms with van der Waals surface area (Å²) < 4.78 is 5.83. The maximum atomic E-state index is 12.5. The molecule has 0 aromatic carbocycles. The Balaban J connectivity index is 2.11. The summed E-state index contributed by atoms with van der Waals surface area (Å²) in [5.74, 6) is -0.443. The largest absolute Gasteiger partial charge is 0.394 e. The van der Waals surface area contributed by atoms with E-state index in [1.165, 1.54) is 0 Å². The Morgan fingerprint density at radius 1 is 1.42 bits per heavy atom. The SMILES string of the molecule is C[C@]1(O)[C@@H](CCO[P+](C)(C)C)C(=O)N[C@]1(CO)C[C@@H]1C=CCCC1. The van der Waals surface area contributed by atoms with Gasteiger partial charge in [-0.05, 0) is 44.9 Å². The number of aliphatic hydroxyl groups is 2. The lowest BCUT2D eigenvalue weighted by Gasteiger charge is -2.42. The predicted octanol–water partition coefficient (Wildman–Crippen LogP) is 2.19. The number of carbonyl (C=O) groups is 1. The van der Waals surface area contributed by atoms with Crippen LogP contribution in [-0.4, -0.2) is 60.5 Å². The summed E-state index contributed by atoms with van der Waals surface area (Å²) in [5.41, 5.74) is -2.26. The van der Waals surface area contributed by atoms with Crippen molar-refractivity contribution in [3.8, 4) is 0 Å². The smallest absolute Gasteiger partial charge is 0.226 e. The Hall–Kier alpha value is -0.480. The van der Waals surface area contributed by atoms with Crippen LogP contribution in [0.3, 0.4) is 0 Å². The molecule has 1 saturated heterocycles. The van der Waals surface area contributed by atoms with E-state index in [4.69, 9.17) is 4.52 Å². The molecule has 4 atom stereocenters. The molecular weight excluding hydrogens is 325 g/mol. The Kier molecular flexibility index (Phi) is 6.12. The Labute approximate surface area is 146 Å². The van der Waals surface area contributed by atoms with Gasteiger partial charge in [-0.2, -0.15) is 0 Å². The second-order valence-electron chi connectivity index (χ2n) is 8.26. The van der Waals surface area contributed by atoms with E-state index in [0.717, 1.165) is 19.3 Å². The monoisotopic (exact) mass is 358 g/mol. The van der Waals surface area contributed by atoms with Crippen LogP contribution < -0.4 is 5.32 Å². The molecule has 0 radical (unpaired) electrons. The van der Waals surface area contributed by atoms with Crippen molar-refractivity contribution in [2.45, 2.75) is 50.2 Å². The summed E-state index contributed by atoms with van der Waals surface area (Å²) in [7, 11) is -1.37. The summed E-state index contributed by atoms with van der Waals surface area (Å²) in [5, 5.41) is 24.2. The van der Waals surface area contributed by atoms with Gasteiger partial charge in [-0.15, -0.1) is 0 Å². The molecule has 24 heavy (non-hydrogen) atoms. The maximum absolute atomic E-state index is 12.5. The van der Waals surface area contributed by atoms with Gasteiger partial charge in [0.15, 0.2) is 0 Å². The minimum atomic E-state index is -1.37. The molecule has 138 valence electrons. The second kappa shape index (κ2) is 7.41. The van der Waals surface area contributed by atoms with Crippen molar-refractivity contribution >= 4 is 13.4 Å². The highest BCUT2D eigenvalue weighted by Gasteiger charge is 2.60. The van der Waals surface area contributed by atoms with E-state index in [2.05, 4.69) is 37.5 Å². The fourth-order valence-electron chi connectivity index (χ4n) is 3.92. The highest BCUT2D eigenvalue weighted by atomic mass is 31.2. The van der Waals surface area contributed by atoms with Crippen LogP contribution in [0.15, 0.2) is 12.2 Å². The first-order chi connectivity index (χ1) is 11.1. The van der Waals surface area contributed by atoms with Crippen LogP contribution in [0.1, 0.15) is 39.0 Å². The number of hydrogen-bond acceptors (Lipinski definition) is 4. The van der Waals surface area contributed by atoms with Gasteiger partial charge in [0, 0.05) is 0 Å². The van der Waals surface area contributed by atoms with Crippen molar-refractivity contribution in [1.29, 1.82) is 0 Å². The molecule has 2 aliphatic rings. The average Bonchev–Trinajstić information content (AvgIpc) is 2.67. The van der Waals surface area contributed by atoms with E-state index in [-0.39, 0.29) is 18.4 Å². The van der Waals surface area contributed by atoms with Gasteiger partial charge in [0.1, 0.15) is 7.49 Å². The molecule has 6 heteroatoms. The van der Waals surface area contributed by atoms with Crippen LogP contribution in [0.2, 0.25) is 0 Å². The van der Waals surface area contributed by atoms with E-state index >= 15 is 0 Å². The summed E-state index contributed by atoms with van der Waals surface area (Å²) in [4.78, 5) is 12.5. The van der Waals surface area contributed by atoms with E-state index in [1.807, 2.05) is 0 Å². The normalized spacial score (nSPS) is 36.8. The fraction of sp³-hybridized carbons (Fsp3) is 0.833. The molecule has 0 saturated carbocycles. The second-order valence-corrected chi connectivity index (χ2v) is 12.3. The molecule has 0 aromatic heterocycles. The molecule has 1 aliphatic carbocycles. The molecule has 2 rings (SSSR count). The lowest BCUT2D eigenvalue weighted by atomic mass is 9.70. The molecule has 0 spiro atoms. The predicted molar refractivity (Wildman–Crippen MR) is 98.4 cm³/mol. The van der Waals surface area contributed by atoms with Crippen molar-refractivity contribution in [3.05, 3.63) is 12.2 Å². The van der Waals surface area contributed by atoms with Crippen molar-refractivity contribution in [2.75, 3.05) is 33.2 Å². The molecule has 1 fully saturated rings. The molecule has 1 heterocycles. The van der Waals surface area contributed by atoms with Crippen molar-refractivity contribution in [2.24, 2.45) is 11.8 Å². The fourth-order valence-corrected chi connectivity index (χ4v) is 4.57. The van der Waals surface area contributed by atoms with Gasteiger partial charge in [-0.1, -0.05) is 12.2 Å². The topological polar surface area (TPSA) is 78.8 Å². The summed E-state index contributed by atoms with van der Waals surface area (Å²) >= 11 is 0. The number of hydrogen-bond donors (Lipinski definition) is 3. The van der Waals surface area contributed by atoms with Crippen molar-refractivity contribution < 1.29 is 19.5 Å². The van der Waals surface area contributed by atoms with E-state index in [0.29, 0.717) is 19.4 Å². The molecule has 1 aliphatic heterocycles. The van der Waals surface area contributed by atoms with Gasteiger partial charge in [0.25, 0.3) is 0 Å². The summed E-state index contributed by atoms with van der Waals surface area (Å²) in [6, 6.07) is 0. The van der Waals surface area contributed by atoms with Crippen LogP contribution in [0.4, 0.5) is 0 Å². The highest BCUT2D eigenvalue weighted by molar-refractivity contribution is 7.69. The Morgan fingerprint density at radius 3 is 2.67 bits per heavy atom. The zero-order valence-electron chi connectivity index (χ0n) is 15.4. The molecular formula is C18H33NO4P+. The molecule has 0 aromatic rings. The van der Waals surface area contributed by atoms with Gasteiger partial charge < -0.3 is 15.5 Å². The first-order valence-corrected chi connectivity index (χ1v) is 11.9. The van der Waals surface area contributed by atoms with Crippen LogP contribution in [0.25, 0.3) is 0 Å². The number of allylic oxidation sites excluding steroid dienone is 2. The molecule has 3 N–H and O–H groups in total. The maximum Gasteiger partial charge on any atom is 0.226 e. The minimum Gasteiger partial charge on any atom is -0.394 e. The number of amides is 1. The number of nitrogens with one attached hydrogen (secondary N) is 1.